The Kier molecular flexibility index (Phi) is 6.12. The number of carbonyl (C=O) groups excluding carboxylic acids is 2. The summed E-state index contributed by atoms with van der Waals surface area (Å²) in [5, 5.41) is 2.86. The second kappa shape index (κ2) is 8.08. The molecule has 0 bridgehead atoms. The van der Waals surface area contributed by atoms with Gasteiger partial charge in [0.1, 0.15) is 6.61 Å². The van der Waals surface area contributed by atoms with E-state index in [0.717, 1.165) is 17.5 Å². The number of aryl methyl sites for hydroxylation is 1. The Hall–Kier alpha value is -1.92. The average molecular weight is 320 g/mol. The van der Waals surface area contributed by atoms with Gasteiger partial charge in [0.25, 0.3) is 5.91 Å². The van der Waals surface area contributed by atoms with Gasteiger partial charge < -0.3 is 19.7 Å². The summed E-state index contributed by atoms with van der Waals surface area (Å²) in [5.41, 5.74) is 1.96. The number of rotatable bonds is 6. The monoisotopic (exact) mass is 320 g/mol. The van der Waals surface area contributed by atoms with Gasteiger partial charge in [0.05, 0.1) is 6.04 Å². The van der Waals surface area contributed by atoms with Gasteiger partial charge in [0.15, 0.2) is 6.10 Å². The first-order valence-electron chi connectivity index (χ1n) is 7.75. The minimum Gasteiger partial charge on any atom is -0.385 e. The van der Waals surface area contributed by atoms with Crippen molar-refractivity contribution in [3.8, 4) is 0 Å². The van der Waals surface area contributed by atoms with E-state index < -0.39 is 12.1 Å². The van der Waals surface area contributed by atoms with E-state index in [-0.39, 0.29) is 18.4 Å². The van der Waals surface area contributed by atoms with Crippen molar-refractivity contribution in [3.63, 3.8) is 0 Å². The molecular formula is C17H24N2O4. The number of methoxy groups -OCH3 is 1. The molecule has 0 aliphatic carbocycles. The van der Waals surface area contributed by atoms with Crippen molar-refractivity contribution in [1.29, 1.82) is 0 Å². The molecule has 2 rings (SSSR count). The first kappa shape index (κ1) is 17.4. The predicted molar refractivity (Wildman–Crippen MR) is 85.9 cm³/mol. The highest BCUT2D eigenvalue weighted by atomic mass is 16.5. The van der Waals surface area contributed by atoms with Crippen LogP contribution in [0.2, 0.25) is 0 Å². The zero-order valence-corrected chi connectivity index (χ0v) is 13.9. The third-order valence-electron chi connectivity index (χ3n) is 4.07. The molecule has 0 aromatic heterocycles. The summed E-state index contributed by atoms with van der Waals surface area (Å²) in [6, 6.07) is 7.33. The molecule has 0 saturated carbocycles. The van der Waals surface area contributed by atoms with Crippen LogP contribution in [0.15, 0.2) is 24.3 Å². The number of nitrogens with one attached hydrogen (secondary N) is 1. The molecule has 1 N–H and O–H groups in total. The van der Waals surface area contributed by atoms with Crippen LogP contribution >= 0.6 is 0 Å². The maximum absolute atomic E-state index is 12.5. The second-order valence-corrected chi connectivity index (χ2v) is 5.68. The van der Waals surface area contributed by atoms with Crippen LogP contribution in [0, 0.1) is 6.92 Å². The average Bonchev–Trinajstić information content (AvgIpc) is 2.55. The van der Waals surface area contributed by atoms with E-state index in [0.29, 0.717) is 13.2 Å². The summed E-state index contributed by atoms with van der Waals surface area (Å²) in [4.78, 5) is 26.1. The fraction of sp³-hybridized carbons (Fsp3) is 0.529. The van der Waals surface area contributed by atoms with Crippen LogP contribution in [0.1, 0.15) is 23.6 Å². The lowest BCUT2D eigenvalue weighted by Crippen LogP contribution is -2.53. The molecule has 1 aromatic rings. The fourth-order valence-corrected chi connectivity index (χ4v) is 2.75. The van der Waals surface area contributed by atoms with Gasteiger partial charge in [0.2, 0.25) is 5.91 Å². The highest BCUT2D eigenvalue weighted by Gasteiger charge is 2.40. The van der Waals surface area contributed by atoms with E-state index in [2.05, 4.69) is 5.32 Å². The molecule has 23 heavy (non-hydrogen) atoms. The molecule has 2 amide bonds. The van der Waals surface area contributed by atoms with Crippen molar-refractivity contribution < 1.29 is 19.1 Å². The van der Waals surface area contributed by atoms with Crippen LogP contribution in [-0.2, 0) is 19.1 Å². The SMILES string of the molecule is COCCCNC(=O)[C@H]1OCC(=O)N(C)[C@@H]1c1ccccc1C. The molecule has 0 radical (unpaired) electrons. The van der Waals surface area contributed by atoms with Crippen molar-refractivity contribution in [1.82, 2.24) is 10.2 Å². The Labute approximate surface area is 136 Å². The number of carbonyl (C=O) groups is 2. The Morgan fingerprint density at radius 2 is 2.17 bits per heavy atom. The maximum atomic E-state index is 12.5. The highest BCUT2D eigenvalue weighted by Crippen LogP contribution is 2.31. The lowest BCUT2D eigenvalue weighted by molar-refractivity contribution is -0.162. The molecular weight excluding hydrogens is 296 g/mol. The van der Waals surface area contributed by atoms with E-state index >= 15 is 0 Å². The van der Waals surface area contributed by atoms with Gasteiger partial charge in [0, 0.05) is 27.3 Å². The number of benzene rings is 1. The lowest BCUT2D eigenvalue weighted by Gasteiger charge is -2.38. The van der Waals surface area contributed by atoms with Gasteiger partial charge in [-0.3, -0.25) is 9.59 Å². The van der Waals surface area contributed by atoms with Gasteiger partial charge >= 0.3 is 0 Å². The number of likely N-dealkylation sites (N-methyl/N-ethyl adjacent to an activating group) is 1. The Balaban J connectivity index is 2.17. The van der Waals surface area contributed by atoms with E-state index in [9.17, 15) is 9.59 Å². The molecule has 0 unspecified atom stereocenters. The summed E-state index contributed by atoms with van der Waals surface area (Å²) in [7, 11) is 3.34. The molecule has 1 aromatic carbocycles. The molecule has 1 fully saturated rings. The van der Waals surface area contributed by atoms with Crippen molar-refractivity contribution in [3.05, 3.63) is 35.4 Å². The molecule has 2 atom stereocenters. The zero-order valence-electron chi connectivity index (χ0n) is 13.9. The smallest absolute Gasteiger partial charge is 0.251 e. The number of ether oxygens (including phenoxy) is 2. The first-order valence-corrected chi connectivity index (χ1v) is 7.75. The molecule has 1 saturated heterocycles. The largest absolute Gasteiger partial charge is 0.385 e. The Bertz CT molecular complexity index is 561. The summed E-state index contributed by atoms with van der Waals surface area (Å²) in [6.07, 6.45) is 0.0278. The van der Waals surface area contributed by atoms with E-state index in [1.807, 2.05) is 31.2 Å². The molecule has 126 valence electrons. The van der Waals surface area contributed by atoms with Gasteiger partial charge in [-0.15, -0.1) is 0 Å². The predicted octanol–water partition coefficient (Wildman–Crippen LogP) is 1.05. The second-order valence-electron chi connectivity index (χ2n) is 5.68. The lowest BCUT2D eigenvalue weighted by atomic mass is 9.94. The number of morpholine rings is 1. The van der Waals surface area contributed by atoms with Crippen LogP contribution in [0.4, 0.5) is 0 Å². The zero-order chi connectivity index (χ0) is 16.8. The first-order chi connectivity index (χ1) is 11.1. The molecule has 1 aliphatic rings. The third-order valence-corrected chi connectivity index (χ3v) is 4.07. The van der Waals surface area contributed by atoms with Gasteiger partial charge in [-0.1, -0.05) is 24.3 Å². The molecule has 6 nitrogen and oxygen atoms in total. The number of amides is 2. The van der Waals surface area contributed by atoms with Crippen molar-refractivity contribution in [2.45, 2.75) is 25.5 Å². The highest BCUT2D eigenvalue weighted by molar-refractivity contribution is 5.86. The molecule has 0 spiro atoms. The quantitative estimate of drug-likeness (QED) is 0.796. The molecule has 6 heteroatoms. The minimum absolute atomic E-state index is 0.0744. The number of hydrogen-bond donors (Lipinski definition) is 1. The van der Waals surface area contributed by atoms with Gasteiger partial charge in [-0.05, 0) is 24.5 Å². The van der Waals surface area contributed by atoms with Crippen molar-refractivity contribution in [2.75, 3.05) is 33.9 Å². The summed E-state index contributed by atoms with van der Waals surface area (Å²) in [6.45, 7) is 3.00. The van der Waals surface area contributed by atoms with Crippen LogP contribution in [0.25, 0.3) is 0 Å². The minimum atomic E-state index is -0.707. The summed E-state index contributed by atoms with van der Waals surface area (Å²) >= 11 is 0. The summed E-state index contributed by atoms with van der Waals surface area (Å²) < 4.78 is 10.5. The molecule has 1 aliphatic heterocycles. The van der Waals surface area contributed by atoms with Crippen molar-refractivity contribution in [2.24, 2.45) is 0 Å². The topological polar surface area (TPSA) is 67.9 Å². The van der Waals surface area contributed by atoms with Crippen LogP contribution in [-0.4, -0.2) is 56.7 Å². The standard InChI is InChI=1S/C17H24N2O4/c1-12-7-4-5-8-13(12)15-16(23-11-14(20)19(15)2)17(21)18-9-6-10-22-3/h4-5,7-8,15-16H,6,9-11H2,1-3H3,(H,18,21)/t15-,16+/m1/s1. The van der Waals surface area contributed by atoms with E-state index in [4.69, 9.17) is 9.47 Å². The number of nitrogens with zero attached hydrogens (tertiary/aromatic N) is 1. The molecule has 1 heterocycles. The van der Waals surface area contributed by atoms with Crippen LogP contribution in [0.5, 0.6) is 0 Å². The maximum Gasteiger partial charge on any atom is 0.251 e. The normalized spacial score (nSPS) is 21.3. The van der Waals surface area contributed by atoms with E-state index in [1.165, 1.54) is 0 Å². The van der Waals surface area contributed by atoms with Gasteiger partial charge in [-0.2, -0.15) is 0 Å². The number of hydrogen-bond acceptors (Lipinski definition) is 4. The van der Waals surface area contributed by atoms with Crippen LogP contribution < -0.4 is 5.32 Å². The summed E-state index contributed by atoms with van der Waals surface area (Å²) in [5.74, 6) is -0.324. The Morgan fingerprint density at radius 1 is 1.43 bits per heavy atom. The Morgan fingerprint density at radius 3 is 2.87 bits per heavy atom. The van der Waals surface area contributed by atoms with Crippen LogP contribution in [0.3, 0.4) is 0 Å². The van der Waals surface area contributed by atoms with Gasteiger partial charge in [-0.25, -0.2) is 0 Å². The third kappa shape index (κ3) is 4.09. The fourth-order valence-electron chi connectivity index (χ4n) is 2.75. The van der Waals surface area contributed by atoms with E-state index in [1.54, 1.807) is 19.1 Å². The van der Waals surface area contributed by atoms with Crippen molar-refractivity contribution >= 4 is 11.8 Å².